The van der Waals surface area contributed by atoms with Gasteiger partial charge in [-0.3, -0.25) is 4.79 Å². The van der Waals surface area contributed by atoms with E-state index in [2.05, 4.69) is 22.0 Å². The Morgan fingerprint density at radius 1 is 0.840 bits per heavy atom. The maximum Gasteiger partial charge on any atom is 0.214 e. The molecule has 0 radical (unpaired) electrons. The zero-order valence-corrected chi connectivity index (χ0v) is 15.3. The summed E-state index contributed by atoms with van der Waals surface area (Å²) in [4.78, 5) is 13.3. The van der Waals surface area contributed by atoms with Crippen molar-refractivity contribution in [3.05, 3.63) is 87.5 Å². The van der Waals surface area contributed by atoms with Crippen molar-refractivity contribution >= 4 is 44.2 Å². The zero-order chi connectivity index (χ0) is 17.1. The van der Waals surface area contributed by atoms with Crippen LogP contribution >= 0.6 is 27.5 Å². The summed E-state index contributed by atoms with van der Waals surface area (Å²) in [6.07, 6.45) is 0. The second-order valence-corrected chi connectivity index (χ2v) is 7.26. The molecule has 4 heteroatoms. The third kappa shape index (κ3) is 1.94. The van der Waals surface area contributed by atoms with Crippen molar-refractivity contribution < 1.29 is 4.79 Å². The van der Waals surface area contributed by atoms with Crippen molar-refractivity contribution in [1.82, 2.24) is 4.57 Å². The van der Waals surface area contributed by atoms with Gasteiger partial charge in [0.05, 0.1) is 21.8 Å². The van der Waals surface area contributed by atoms with Gasteiger partial charge in [-0.15, -0.1) is 0 Å². The van der Waals surface area contributed by atoms with Gasteiger partial charge >= 0.3 is 0 Å². The average molecular weight is 409 g/mol. The van der Waals surface area contributed by atoms with Crippen LogP contribution in [0.3, 0.4) is 0 Å². The van der Waals surface area contributed by atoms with Crippen LogP contribution in [0.1, 0.15) is 16.1 Å². The molecular formula is C21H11BrClNO. The number of hydrogen-bond acceptors (Lipinski definition) is 1. The van der Waals surface area contributed by atoms with Gasteiger partial charge in [0.1, 0.15) is 5.69 Å². The Balaban J connectivity index is 1.97. The van der Waals surface area contributed by atoms with Crippen molar-refractivity contribution in [3.8, 4) is 16.8 Å². The Morgan fingerprint density at radius 2 is 1.56 bits per heavy atom. The summed E-state index contributed by atoms with van der Waals surface area (Å²) in [7, 11) is 0. The number of aromatic nitrogens is 1. The summed E-state index contributed by atoms with van der Waals surface area (Å²) in [5.74, 6) is -0.0312. The van der Waals surface area contributed by atoms with Crippen LogP contribution in [0.15, 0.2) is 71.2 Å². The highest BCUT2D eigenvalue weighted by molar-refractivity contribution is 9.10. The summed E-state index contributed by atoms with van der Waals surface area (Å²) in [6.45, 7) is 0. The van der Waals surface area contributed by atoms with Crippen LogP contribution < -0.4 is 0 Å². The summed E-state index contributed by atoms with van der Waals surface area (Å²) >= 11 is 9.88. The molecule has 0 atom stereocenters. The fraction of sp³-hybridized carbons (Fsp3) is 0. The Labute approximate surface area is 157 Å². The number of rotatable bonds is 1. The van der Waals surface area contributed by atoms with Gasteiger partial charge in [-0.25, -0.2) is 0 Å². The number of hydrogen-bond donors (Lipinski definition) is 0. The van der Waals surface area contributed by atoms with Gasteiger partial charge in [0.15, 0.2) is 0 Å². The summed E-state index contributed by atoms with van der Waals surface area (Å²) in [5, 5.41) is 1.54. The molecule has 0 saturated heterocycles. The van der Waals surface area contributed by atoms with Gasteiger partial charge in [-0.1, -0.05) is 60.1 Å². The van der Waals surface area contributed by atoms with Crippen LogP contribution in [0, 0.1) is 0 Å². The Morgan fingerprint density at radius 3 is 2.36 bits per heavy atom. The number of benzene rings is 3. The number of para-hydroxylation sites is 1. The fourth-order valence-corrected chi connectivity index (χ4v) is 4.24. The number of carbonyl (C=O) groups is 1. The molecule has 1 aromatic heterocycles. The molecule has 0 N–H and O–H groups in total. The standard InChI is InChI=1S/C21H11BrClNO/c22-14-10-11-16-18(19(14)23)21(25)20-17(12-6-2-1-3-7-12)13-8-4-5-9-15(13)24(16)20/h1-11H. The van der Waals surface area contributed by atoms with Crippen LogP contribution in [-0.2, 0) is 0 Å². The lowest BCUT2D eigenvalue weighted by molar-refractivity contribution is 0.104. The van der Waals surface area contributed by atoms with E-state index in [1.807, 2.05) is 65.2 Å². The molecule has 120 valence electrons. The number of fused-ring (bicyclic) bond motifs is 5. The molecule has 2 heterocycles. The van der Waals surface area contributed by atoms with E-state index in [4.69, 9.17) is 11.6 Å². The number of halogens is 2. The van der Waals surface area contributed by atoms with E-state index < -0.39 is 0 Å². The minimum Gasteiger partial charge on any atom is -0.305 e. The quantitative estimate of drug-likeness (QED) is 0.321. The number of nitrogens with zero attached hydrogens (tertiary/aromatic N) is 1. The highest BCUT2D eigenvalue weighted by atomic mass is 79.9. The minimum absolute atomic E-state index is 0.0312. The second kappa shape index (κ2) is 5.32. The molecule has 3 aromatic carbocycles. The zero-order valence-electron chi connectivity index (χ0n) is 13.0. The molecule has 0 spiro atoms. The van der Waals surface area contributed by atoms with Crippen molar-refractivity contribution in [3.63, 3.8) is 0 Å². The smallest absolute Gasteiger partial charge is 0.214 e. The first-order valence-electron chi connectivity index (χ1n) is 7.90. The molecule has 0 unspecified atom stereocenters. The van der Waals surface area contributed by atoms with Crippen LogP contribution in [0.4, 0.5) is 0 Å². The molecule has 0 bridgehead atoms. The molecule has 0 amide bonds. The predicted octanol–water partition coefficient (Wildman–Crippen LogP) is 6.26. The highest BCUT2D eigenvalue weighted by Gasteiger charge is 2.35. The van der Waals surface area contributed by atoms with Gasteiger partial charge in [-0.05, 0) is 39.7 Å². The maximum atomic E-state index is 13.3. The monoisotopic (exact) mass is 407 g/mol. The van der Waals surface area contributed by atoms with E-state index in [-0.39, 0.29) is 5.78 Å². The minimum atomic E-state index is -0.0312. The first-order chi connectivity index (χ1) is 12.2. The molecule has 0 fully saturated rings. The molecule has 25 heavy (non-hydrogen) atoms. The lowest BCUT2D eigenvalue weighted by Crippen LogP contribution is -1.99. The molecule has 4 aromatic rings. The molecule has 0 aliphatic carbocycles. The van der Waals surface area contributed by atoms with Gasteiger partial charge in [0, 0.05) is 15.4 Å². The van der Waals surface area contributed by atoms with Gasteiger partial charge in [0.25, 0.3) is 0 Å². The van der Waals surface area contributed by atoms with Gasteiger partial charge in [-0.2, -0.15) is 0 Å². The third-order valence-corrected chi connectivity index (χ3v) is 5.97. The van der Waals surface area contributed by atoms with Crippen molar-refractivity contribution in [2.45, 2.75) is 0 Å². The normalized spacial score (nSPS) is 12.5. The first-order valence-corrected chi connectivity index (χ1v) is 9.07. The van der Waals surface area contributed by atoms with Crippen LogP contribution in [-0.4, -0.2) is 10.4 Å². The van der Waals surface area contributed by atoms with Gasteiger partial charge in [0.2, 0.25) is 5.78 Å². The molecule has 1 aliphatic rings. The van der Waals surface area contributed by atoms with Crippen molar-refractivity contribution in [1.29, 1.82) is 0 Å². The topological polar surface area (TPSA) is 22.0 Å². The van der Waals surface area contributed by atoms with E-state index >= 15 is 0 Å². The molecule has 1 aliphatic heterocycles. The van der Waals surface area contributed by atoms with E-state index in [9.17, 15) is 4.79 Å². The van der Waals surface area contributed by atoms with Gasteiger partial charge < -0.3 is 4.57 Å². The second-order valence-electron chi connectivity index (χ2n) is 6.03. The Kier molecular flexibility index (Phi) is 3.18. The van der Waals surface area contributed by atoms with E-state index in [1.165, 1.54) is 0 Å². The van der Waals surface area contributed by atoms with E-state index in [0.29, 0.717) is 16.3 Å². The molecule has 5 rings (SSSR count). The molecular weight excluding hydrogens is 398 g/mol. The SMILES string of the molecule is O=C1c2c(ccc(Br)c2Cl)-n2c1c(-c1ccccc1)c1ccccc12. The van der Waals surface area contributed by atoms with Crippen LogP contribution in [0.25, 0.3) is 27.7 Å². The summed E-state index contributed by atoms with van der Waals surface area (Å²) < 4.78 is 2.77. The average Bonchev–Trinajstić information content (AvgIpc) is 3.13. The van der Waals surface area contributed by atoms with Crippen LogP contribution in [0.2, 0.25) is 5.02 Å². The largest absolute Gasteiger partial charge is 0.305 e. The third-order valence-electron chi connectivity index (χ3n) is 4.69. The number of ketones is 1. The van der Waals surface area contributed by atoms with Crippen molar-refractivity contribution in [2.24, 2.45) is 0 Å². The molecule has 0 saturated carbocycles. The van der Waals surface area contributed by atoms with Crippen LogP contribution in [0.5, 0.6) is 0 Å². The Hall–Kier alpha value is -2.36. The summed E-state index contributed by atoms with van der Waals surface area (Å²) in [5.41, 5.74) is 5.10. The lowest BCUT2D eigenvalue weighted by atomic mass is 9.98. The lowest BCUT2D eigenvalue weighted by Gasteiger charge is -2.06. The Bertz CT molecular complexity index is 1180. The summed E-state index contributed by atoms with van der Waals surface area (Å²) in [6, 6.07) is 22.0. The maximum absolute atomic E-state index is 13.3. The van der Waals surface area contributed by atoms with E-state index in [0.717, 1.165) is 32.2 Å². The van der Waals surface area contributed by atoms with E-state index in [1.54, 1.807) is 0 Å². The predicted molar refractivity (Wildman–Crippen MR) is 105 cm³/mol. The van der Waals surface area contributed by atoms with Crippen molar-refractivity contribution in [2.75, 3.05) is 0 Å². The molecule has 2 nitrogen and oxygen atoms in total. The number of carbonyl (C=O) groups excluding carboxylic acids is 1. The highest BCUT2D eigenvalue weighted by Crippen LogP contribution is 2.45. The first kappa shape index (κ1) is 14.9. The fourth-order valence-electron chi connectivity index (χ4n) is 3.66.